The molecule has 0 aliphatic heterocycles. The molecule has 0 heterocycles. The highest BCUT2D eigenvalue weighted by Crippen LogP contribution is 2.36. The van der Waals surface area contributed by atoms with Gasteiger partial charge < -0.3 is 16.2 Å². The van der Waals surface area contributed by atoms with Gasteiger partial charge in [-0.2, -0.15) is 0 Å². The molecule has 1 aliphatic rings. The number of unbranched alkanes of at least 4 members (excludes halogenated alkanes) is 1. The molecule has 1 amide bonds. The number of hydrogen-bond donors (Lipinski definition) is 3. The third kappa shape index (κ3) is 3.01. The molecule has 0 fully saturated rings. The van der Waals surface area contributed by atoms with Gasteiger partial charge in [-0.25, -0.2) is 0 Å². The summed E-state index contributed by atoms with van der Waals surface area (Å²) < 4.78 is 0. The van der Waals surface area contributed by atoms with Crippen LogP contribution in [0.4, 0.5) is 0 Å². The first kappa shape index (κ1) is 12.9. The van der Waals surface area contributed by atoms with E-state index in [1.54, 1.807) is 6.07 Å². The number of nitrogens with one attached hydrogen (secondary N) is 1. The number of phenols is 1. The average Bonchev–Trinajstić information content (AvgIpc) is 2.73. The summed E-state index contributed by atoms with van der Waals surface area (Å²) in [6, 6.07) is 6.04. The van der Waals surface area contributed by atoms with E-state index >= 15 is 0 Å². The van der Waals surface area contributed by atoms with Gasteiger partial charge in [0.25, 0.3) is 0 Å². The lowest BCUT2D eigenvalue weighted by molar-refractivity contribution is -0.118. The van der Waals surface area contributed by atoms with Crippen molar-refractivity contribution in [2.24, 2.45) is 5.73 Å². The normalized spacial score (nSPS) is 17.7. The van der Waals surface area contributed by atoms with Crippen molar-refractivity contribution in [2.75, 3.05) is 6.54 Å². The number of benzene rings is 1. The van der Waals surface area contributed by atoms with Crippen LogP contribution in [0.2, 0.25) is 0 Å². The van der Waals surface area contributed by atoms with Gasteiger partial charge in [-0.1, -0.05) is 12.1 Å². The van der Waals surface area contributed by atoms with Crippen LogP contribution in [-0.2, 0) is 11.2 Å². The molecule has 0 bridgehead atoms. The quantitative estimate of drug-likeness (QED) is 0.670. The molecular formula is C14H20N2O2. The van der Waals surface area contributed by atoms with Gasteiger partial charge >= 0.3 is 0 Å². The minimum atomic E-state index is -0.230. The Morgan fingerprint density at radius 2 is 2.28 bits per heavy atom. The Hall–Kier alpha value is -1.55. The van der Waals surface area contributed by atoms with Crippen LogP contribution in [0.25, 0.3) is 0 Å². The highest BCUT2D eigenvalue weighted by Gasteiger charge is 2.23. The molecular weight excluding hydrogens is 228 g/mol. The maximum Gasteiger partial charge on any atom is 0.217 e. The minimum Gasteiger partial charge on any atom is -0.508 e. The lowest BCUT2D eigenvalue weighted by Crippen LogP contribution is -2.21. The Bertz CT molecular complexity index is 432. The van der Waals surface area contributed by atoms with Crippen LogP contribution >= 0.6 is 0 Å². The van der Waals surface area contributed by atoms with Crippen molar-refractivity contribution >= 4 is 5.91 Å². The standard InChI is InChI=1S/C14H20N2O2/c15-14(18)6-1-2-9-16-12-8-7-11-10(12)4-3-5-13(11)17/h3-5,12,16-17H,1-2,6-9H2,(H2,15,18). The maximum atomic E-state index is 10.6. The number of amides is 1. The third-order valence-corrected chi connectivity index (χ3v) is 3.49. The summed E-state index contributed by atoms with van der Waals surface area (Å²) in [5, 5.41) is 13.2. The van der Waals surface area contributed by atoms with Crippen LogP contribution < -0.4 is 11.1 Å². The summed E-state index contributed by atoms with van der Waals surface area (Å²) in [6.07, 6.45) is 4.21. The fourth-order valence-electron chi connectivity index (χ4n) is 2.55. The average molecular weight is 248 g/mol. The number of fused-ring (bicyclic) bond motifs is 1. The van der Waals surface area contributed by atoms with Gasteiger partial charge in [-0.05, 0) is 49.4 Å². The molecule has 4 N–H and O–H groups in total. The second-order valence-corrected chi connectivity index (χ2v) is 4.81. The molecule has 0 spiro atoms. The second-order valence-electron chi connectivity index (χ2n) is 4.81. The predicted molar refractivity (Wildman–Crippen MR) is 70.2 cm³/mol. The SMILES string of the molecule is NC(=O)CCCCNC1CCc2c(O)cccc21. The number of carbonyl (C=O) groups is 1. The molecule has 4 nitrogen and oxygen atoms in total. The van der Waals surface area contributed by atoms with E-state index in [1.807, 2.05) is 6.07 Å². The van der Waals surface area contributed by atoms with Gasteiger partial charge in [-0.15, -0.1) is 0 Å². The zero-order valence-electron chi connectivity index (χ0n) is 10.5. The van der Waals surface area contributed by atoms with Crippen LogP contribution in [0.5, 0.6) is 5.75 Å². The lowest BCUT2D eigenvalue weighted by Gasteiger charge is -2.13. The zero-order valence-corrected chi connectivity index (χ0v) is 10.5. The molecule has 0 radical (unpaired) electrons. The van der Waals surface area contributed by atoms with Crippen LogP contribution in [-0.4, -0.2) is 17.6 Å². The lowest BCUT2D eigenvalue weighted by atomic mass is 10.1. The van der Waals surface area contributed by atoms with Crippen LogP contribution in [0.15, 0.2) is 18.2 Å². The summed E-state index contributed by atoms with van der Waals surface area (Å²) in [5.74, 6) is 0.177. The van der Waals surface area contributed by atoms with E-state index in [2.05, 4.69) is 11.4 Å². The minimum absolute atomic E-state index is 0.230. The van der Waals surface area contributed by atoms with E-state index in [0.717, 1.165) is 37.8 Å². The van der Waals surface area contributed by atoms with Crippen LogP contribution in [0.1, 0.15) is 42.9 Å². The number of nitrogens with two attached hydrogens (primary N) is 1. The molecule has 1 aromatic rings. The Balaban J connectivity index is 1.80. The fourth-order valence-corrected chi connectivity index (χ4v) is 2.55. The second kappa shape index (κ2) is 5.87. The van der Waals surface area contributed by atoms with Gasteiger partial charge in [0.15, 0.2) is 0 Å². The summed E-state index contributed by atoms with van der Waals surface area (Å²) in [4.78, 5) is 10.6. The Morgan fingerprint density at radius 1 is 1.44 bits per heavy atom. The van der Waals surface area contributed by atoms with E-state index < -0.39 is 0 Å². The van der Waals surface area contributed by atoms with E-state index in [0.29, 0.717) is 18.2 Å². The van der Waals surface area contributed by atoms with Gasteiger partial charge in [0.1, 0.15) is 5.75 Å². The first-order valence-corrected chi connectivity index (χ1v) is 6.51. The van der Waals surface area contributed by atoms with Crippen molar-refractivity contribution in [3.8, 4) is 5.75 Å². The monoisotopic (exact) mass is 248 g/mol. The predicted octanol–water partition coefficient (Wildman–Crippen LogP) is 1.62. The summed E-state index contributed by atoms with van der Waals surface area (Å²) in [5.41, 5.74) is 7.38. The van der Waals surface area contributed by atoms with E-state index in [1.165, 1.54) is 5.56 Å². The fraction of sp³-hybridized carbons (Fsp3) is 0.500. The molecule has 0 saturated carbocycles. The van der Waals surface area contributed by atoms with Crippen molar-refractivity contribution in [2.45, 2.75) is 38.1 Å². The molecule has 2 rings (SSSR count). The molecule has 1 unspecified atom stereocenters. The van der Waals surface area contributed by atoms with Crippen molar-refractivity contribution in [1.82, 2.24) is 5.32 Å². The first-order chi connectivity index (χ1) is 8.68. The van der Waals surface area contributed by atoms with E-state index in [9.17, 15) is 9.90 Å². The van der Waals surface area contributed by atoms with Gasteiger partial charge in [0, 0.05) is 12.5 Å². The Labute approximate surface area is 107 Å². The van der Waals surface area contributed by atoms with Gasteiger partial charge in [0.05, 0.1) is 0 Å². The topological polar surface area (TPSA) is 75.4 Å². The Kier molecular flexibility index (Phi) is 4.20. The molecule has 98 valence electrons. The molecule has 1 atom stereocenters. The molecule has 0 saturated heterocycles. The number of rotatable bonds is 6. The summed E-state index contributed by atoms with van der Waals surface area (Å²) >= 11 is 0. The highest BCUT2D eigenvalue weighted by molar-refractivity contribution is 5.73. The largest absolute Gasteiger partial charge is 0.508 e. The summed E-state index contributed by atoms with van der Waals surface area (Å²) in [7, 11) is 0. The number of phenolic OH excluding ortho intramolecular Hbond substituents is 1. The van der Waals surface area contributed by atoms with Crippen molar-refractivity contribution in [1.29, 1.82) is 0 Å². The molecule has 1 aromatic carbocycles. The molecule has 4 heteroatoms. The summed E-state index contributed by atoms with van der Waals surface area (Å²) in [6.45, 7) is 0.882. The van der Waals surface area contributed by atoms with Gasteiger partial charge in [-0.3, -0.25) is 4.79 Å². The van der Waals surface area contributed by atoms with Crippen molar-refractivity contribution < 1.29 is 9.90 Å². The van der Waals surface area contributed by atoms with Crippen LogP contribution in [0.3, 0.4) is 0 Å². The highest BCUT2D eigenvalue weighted by atomic mass is 16.3. The zero-order chi connectivity index (χ0) is 13.0. The van der Waals surface area contributed by atoms with Crippen LogP contribution in [0, 0.1) is 0 Å². The molecule has 1 aliphatic carbocycles. The smallest absolute Gasteiger partial charge is 0.217 e. The number of carbonyl (C=O) groups excluding carboxylic acids is 1. The first-order valence-electron chi connectivity index (χ1n) is 6.51. The number of hydrogen-bond acceptors (Lipinski definition) is 3. The molecule has 18 heavy (non-hydrogen) atoms. The maximum absolute atomic E-state index is 10.6. The number of primary amides is 1. The molecule has 0 aromatic heterocycles. The Morgan fingerprint density at radius 3 is 3.06 bits per heavy atom. The van der Waals surface area contributed by atoms with Gasteiger partial charge in [0.2, 0.25) is 5.91 Å². The third-order valence-electron chi connectivity index (χ3n) is 3.49. The van der Waals surface area contributed by atoms with E-state index in [-0.39, 0.29) is 5.91 Å². The van der Waals surface area contributed by atoms with E-state index in [4.69, 9.17) is 5.73 Å². The van der Waals surface area contributed by atoms with Crippen molar-refractivity contribution in [3.63, 3.8) is 0 Å². The number of aromatic hydroxyl groups is 1. The van der Waals surface area contributed by atoms with Crippen molar-refractivity contribution in [3.05, 3.63) is 29.3 Å².